The second-order valence-electron chi connectivity index (χ2n) is 5.31. The van der Waals surface area contributed by atoms with Gasteiger partial charge < -0.3 is 20.4 Å². The molecule has 0 aromatic carbocycles. The van der Waals surface area contributed by atoms with Crippen LogP contribution in [0.5, 0.6) is 0 Å². The molecule has 27 heavy (non-hydrogen) atoms. The van der Waals surface area contributed by atoms with E-state index in [1.54, 1.807) is 13.1 Å². The minimum absolute atomic E-state index is 0. The Kier molecular flexibility index (Phi) is 8.49. The molecule has 0 bridgehead atoms. The zero-order chi connectivity index (χ0) is 19.5. The van der Waals surface area contributed by atoms with Gasteiger partial charge in [0.1, 0.15) is 11.6 Å². The van der Waals surface area contributed by atoms with Crippen LogP contribution in [-0.4, -0.2) is 31.3 Å². The summed E-state index contributed by atoms with van der Waals surface area (Å²) in [5, 5.41) is 0. The fraction of sp³-hybridized carbons (Fsp3) is 0.417. The molecule has 2 heterocycles. The van der Waals surface area contributed by atoms with Crippen molar-refractivity contribution in [1.29, 1.82) is 0 Å². The summed E-state index contributed by atoms with van der Waals surface area (Å²) in [7, 11) is -9.94. The summed E-state index contributed by atoms with van der Waals surface area (Å²) in [6.07, 6.45) is 1.92. The van der Waals surface area contributed by atoms with Crippen molar-refractivity contribution in [2.45, 2.75) is 26.8 Å². The summed E-state index contributed by atoms with van der Waals surface area (Å²) in [4.78, 5) is 35.4. The number of hydrogen-bond acceptors (Lipinski definition) is 8. The van der Waals surface area contributed by atoms with Crippen molar-refractivity contribution in [3.8, 4) is 0 Å². The molecular weight excluding hydrogens is 442 g/mol. The number of nitrogen functional groups attached to an aromatic ring is 1. The Morgan fingerprint density at radius 1 is 1.30 bits per heavy atom. The Hall–Kier alpha value is -0.940. The van der Waals surface area contributed by atoms with Gasteiger partial charge in [0.15, 0.2) is 12.2 Å². The van der Waals surface area contributed by atoms with Gasteiger partial charge in [0.25, 0.3) is 0 Å². The quantitative estimate of drug-likeness (QED) is 0.331. The molecule has 1 unspecified atom stereocenters. The molecule has 0 fully saturated rings. The summed E-state index contributed by atoms with van der Waals surface area (Å²) in [5.41, 5.74) is 9.40. The Labute approximate surface area is 165 Å². The Morgan fingerprint density at radius 2 is 1.96 bits per heavy atom. The molecule has 0 aliphatic carbocycles. The van der Waals surface area contributed by atoms with Gasteiger partial charge in [-0.3, -0.25) is 4.52 Å². The van der Waals surface area contributed by atoms with Crippen molar-refractivity contribution in [1.82, 2.24) is 9.97 Å². The third-order valence-corrected chi connectivity index (χ3v) is 6.64. The number of hydrogen-bond donors (Lipinski definition) is 4. The predicted octanol–water partition coefficient (Wildman–Crippen LogP) is 1.26. The second kappa shape index (κ2) is 9.51. The van der Waals surface area contributed by atoms with E-state index in [4.69, 9.17) is 15.5 Å². The number of nitrogens with zero attached hydrogens (tertiary/aromatic N) is 3. The first-order chi connectivity index (χ1) is 12.0. The van der Waals surface area contributed by atoms with E-state index in [0.717, 1.165) is 16.1 Å². The Bertz CT molecular complexity index is 891. The van der Waals surface area contributed by atoms with E-state index in [9.17, 15) is 14.0 Å². The van der Waals surface area contributed by atoms with E-state index in [0.29, 0.717) is 18.2 Å². The van der Waals surface area contributed by atoms with Crippen LogP contribution < -0.4 is 10.3 Å². The van der Waals surface area contributed by atoms with Gasteiger partial charge in [-0.15, -0.1) is 12.4 Å². The van der Waals surface area contributed by atoms with E-state index in [1.807, 2.05) is 17.0 Å². The monoisotopic (exact) mass is 461 g/mol. The van der Waals surface area contributed by atoms with Gasteiger partial charge in [0.05, 0.1) is 17.0 Å². The van der Waals surface area contributed by atoms with Gasteiger partial charge in [-0.05, 0) is 6.92 Å². The number of thiazole rings is 1. The van der Waals surface area contributed by atoms with Gasteiger partial charge in [0.2, 0.25) is 5.51 Å². The molecule has 0 radical (unpaired) electrons. The van der Waals surface area contributed by atoms with Gasteiger partial charge in [0, 0.05) is 19.5 Å². The van der Waals surface area contributed by atoms with Crippen LogP contribution in [0.2, 0.25) is 0 Å². The van der Waals surface area contributed by atoms with Crippen molar-refractivity contribution in [2.75, 3.05) is 12.3 Å². The first kappa shape index (κ1) is 24.1. The normalized spacial score (nSPS) is 13.8. The zero-order valence-corrected chi connectivity index (χ0v) is 17.8. The highest BCUT2D eigenvalue weighted by atomic mass is 35.5. The lowest BCUT2D eigenvalue weighted by Gasteiger charge is -2.11. The van der Waals surface area contributed by atoms with Crippen molar-refractivity contribution < 1.29 is 37.2 Å². The Morgan fingerprint density at radius 3 is 2.56 bits per heavy atom. The molecule has 2 aromatic heterocycles. The molecule has 0 amide bonds. The standard InChI is InChI=1S/C12H18N4O7P2S.ClH/c1-8-11(3-4-22-25(20,21)23-24(17,18)19)26-7-16(8)6-10-5-14-9(2)15-12(10)13;/h5,7H,3-4,6H2,1-2H3,(H4-,13,14,15,17,18,19,20,21);1H/p+1. The van der Waals surface area contributed by atoms with Crippen molar-refractivity contribution in [2.24, 2.45) is 0 Å². The number of rotatable bonds is 8. The van der Waals surface area contributed by atoms with E-state index >= 15 is 0 Å². The molecule has 0 saturated carbocycles. The van der Waals surface area contributed by atoms with Crippen LogP contribution in [0.3, 0.4) is 0 Å². The van der Waals surface area contributed by atoms with E-state index in [1.165, 1.54) is 11.3 Å². The predicted molar refractivity (Wildman–Crippen MR) is 99.4 cm³/mol. The number of nitrogens with two attached hydrogens (primary N) is 1. The Balaban J connectivity index is 0.00000364. The molecule has 11 nitrogen and oxygen atoms in total. The van der Waals surface area contributed by atoms with Crippen LogP contribution in [0.25, 0.3) is 0 Å². The molecule has 0 saturated heterocycles. The molecule has 5 N–H and O–H groups in total. The molecule has 0 aliphatic heterocycles. The topological polar surface area (TPSA) is 169 Å². The number of anilines is 1. The minimum Gasteiger partial charge on any atom is -0.383 e. The van der Waals surface area contributed by atoms with Crippen molar-refractivity contribution in [3.05, 3.63) is 33.7 Å². The number of phosphoric ester groups is 1. The molecule has 0 aliphatic rings. The summed E-state index contributed by atoms with van der Waals surface area (Å²) < 4.78 is 32.2. The second-order valence-corrected chi connectivity index (χ2v) is 9.08. The SMILES string of the molecule is Cc1ncc(C[n+]2csc(CCOP(=O)(O)OP(=O)(O)O)c2C)c(N)n1.Cl. The summed E-state index contributed by atoms with van der Waals surface area (Å²) >= 11 is 1.40. The van der Waals surface area contributed by atoms with Crippen LogP contribution in [0.4, 0.5) is 5.82 Å². The largest absolute Gasteiger partial charge is 0.481 e. The third kappa shape index (κ3) is 7.53. The van der Waals surface area contributed by atoms with Crippen LogP contribution in [0.1, 0.15) is 22.0 Å². The highest BCUT2D eigenvalue weighted by Gasteiger charge is 2.32. The van der Waals surface area contributed by atoms with Gasteiger partial charge in [-0.1, -0.05) is 11.3 Å². The third-order valence-electron chi connectivity index (χ3n) is 3.31. The molecule has 0 spiro atoms. The minimum atomic E-state index is -5.12. The molecule has 152 valence electrons. The van der Waals surface area contributed by atoms with Gasteiger partial charge >= 0.3 is 15.6 Å². The van der Waals surface area contributed by atoms with Crippen molar-refractivity contribution >= 4 is 45.2 Å². The van der Waals surface area contributed by atoms with E-state index < -0.39 is 15.6 Å². The summed E-state index contributed by atoms with van der Waals surface area (Å²) in [6.45, 7) is 3.83. The van der Waals surface area contributed by atoms with Crippen LogP contribution in [-0.2, 0) is 30.9 Å². The molecular formula is C12H20ClN4O7P2S+. The van der Waals surface area contributed by atoms with Gasteiger partial charge in [-0.25, -0.2) is 19.1 Å². The van der Waals surface area contributed by atoms with Gasteiger partial charge in [-0.2, -0.15) is 8.88 Å². The number of phosphoric acid groups is 2. The molecule has 2 rings (SSSR count). The van der Waals surface area contributed by atoms with Crippen LogP contribution in [0.15, 0.2) is 11.7 Å². The smallest absolute Gasteiger partial charge is 0.383 e. The molecule has 2 aromatic rings. The molecule has 1 atom stereocenters. The van der Waals surface area contributed by atoms with Crippen LogP contribution >= 0.6 is 39.4 Å². The van der Waals surface area contributed by atoms with E-state index in [2.05, 4.69) is 18.8 Å². The maximum atomic E-state index is 11.4. The fourth-order valence-electron chi connectivity index (χ4n) is 2.08. The molecule has 15 heteroatoms. The first-order valence-corrected chi connectivity index (χ1v) is 11.2. The lowest BCUT2D eigenvalue weighted by Crippen LogP contribution is -2.35. The highest BCUT2D eigenvalue weighted by molar-refractivity contribution is 7.60. The average Bonchev–Trinajstić information content (AvgIpc) is 2.80. The summed E-state index contributed by atoms with van der Waals surface area (Å²) in [6, 6.07) is 0. The lowest BCUT2D eigenvalue weighted by molar-refractivity contribution is -0.689. The number of halogens is 1. The maximum Gasteiger partial charge on any atom is 0.481 e. The first-order valence-electron chi connectivity index (χ1n) is 7.25. The average molecular weight is 462 g/mol. The summed E-state index contributed by atoms with van der Waals surface area (Å²) in [5.74, 6) is 0.985. The number of aryl methyl sites for hydroxylation is 1. The lowest BCUT2D eigenvalue weighted by atomic mass is 10.2. The number of aromatic nitrogens is 3. The van der Waals surface area contributed by atoms with Crippen molar-refractivity contribution in [3.63, 3.8) is 0 Å². The highest BCUT2D eigenvalue weighted by Crippen LogP contribution is 2.57. The fourth-order valence-corrected chi connectivity index (χ4v) is 4.64. The zero-order valence-electron chi connectivity index (χ0n) is 14.4. The maximum absolute atomic E-state index is 11.4. The van der Waals surface area contributed by atoms with Crippen LogP contribution in [0, 0.1) is 13.8 Å². The van der Waals surface area contributed by atoms with E-state index in [-0.39, 0.29) is 25.4 Å².